The number of ether oxygens (including phenoxy) is 4. The lowest BCUT2D eigenvalue weighted by molar-refractivity contribution is -0.158. The zero-order valence-electron chi connectivity index (χ0n) is 27.3. The first-order valence-corrected chi connectivity index (χ1v) is 14.9. The van der Waals surface area contributed by atoms with Crippen molar-refractivity contribution in [3.05, 3.63) is 71.1 Å². The molecule has 1 aliphatic heterocycles. The smallest absolute Gasteiger partial charge is 0.405 e. The maximum atomic E-state index is 13.7. The van der Waals surface area contributed by atoms with Crippen LogP contribution < -0.4 is 22.1 Å². The molecule has 6 atom stereocenters. The number of amides is 2. The molecule has 46 heavy (non-hydrogen) atoms. The van der Waals surface area contributed by atoms with Gasteiger partial charge in [-0.3, -0.25) is 19.2 Å². The number of allylic oxidation sites excluding steroid dienone is 4. The second-order valence-electron chi connectivity index (χ2n) is 11.3. The van der Waals surface area contributed by atoms with Crippen LogP contribution in [0, 0.1) is 11.8 Å². The molecule has 0 aromatic carbocycles. The van der Waals surface area contributed by atoms with Crippen molar-refractivity contribution >= 4 is 29.5 Å². The number of rotatable bonds is 8. The molecule has 1 aliphatic carbocycles. The molecule has 0 saturated carbocycles. The third-order valence-electron chi connectivity index (χ3n) is 7.62. The van der Waals surface area contributed by atoms with Crippen molar-refractivity contribution in [2.75, 3.05) is 27.3 Å². The van der Waals surface area contributed by atoms with E-state index in [1.54, 1.807) is 32.1 Å². The minimum Gasteiger partial charge on any atom is -0.458 e. The Morgan fingerprint density at radius 1 is 1.13 bits per heavy atom. The third kappa shape index (κ3) is 10.4. The van der Waals surface area contributed by atoms with E-state index in [4.69, 9.17) is 30.4 Å². The van der Waals surface area contributed by atoms with Crippen LogP contribution in [0.3, 0.4) is 0 Å². The van der Waals surface area contributed by atoms with Gasteiger partial charge >= 0.3 is 12.1 Å². The van der Waals surface area contributed by atoms with Crippen molar-refractivity contribution in [3.8, 4) is 0 Å². The number of Topliss-reactive ketones (excluding diaryl/α,β-unsaturated/α-hetero) is 1. The van der Waals surface area contributed by atoms with Crippen molar-refractivity contribution in [3.63, 3.8) is 0 Å². The molecule has 0 aromatic rings. The molecular formula is C33H46N4O9. The van der Waals surface area contributed by atoms with Gasteiger partial charge in [0, 0.05) is 43.9 Å². The molecule has 2 bridgehead atoms. The molecule has 2 amide bonds. The van der Waals surface area contributed by atoms with Gasteiger partial charge in [-0.05, 0) is 38.2 Å². The van der Waals surface area contributed by atoms with Crippen LogP contribution >= 0.6 is 0 Å². The summed E-state index contributed by atoms with van der Waals surface area (Å²) in [4.78, 5) is 64.2. The van der Waals surface area contributed by atoms with E-state index in [1.807, 2.05) is 6.92 Å². The molecular weight excluding hydrogens is 596 g/mol. The number of methoxy groups -OCH3 is 2. The number of primary amides is 1. The molecule has 252 valence electrons. The number of fused-ring (bicyclic) bond motifs is 2. The maximum absolute atomic E-state index is 13.7. The Bertz CT molecular complexity index is 1340. The van der Waals surface area contributed by atoms with Crippen LogP contribution in [0.15, 0.2) is 71.1 Å². The highest BCUT2D eigenvalue weighted by atomic mass is 16.6. The van der Waals surface area contributed by atoms with Crippen molar-refractivity contribution in [1.82, 2.24) is 10.6 Å². The molecule has 6 N–H and O–H groups in total. The standard InChI is InChI=1S/C33H46N4O9/c1-8-12-36-28-22-13-18(2)14-26(44-7)31(45-27(39)17-34)21(5)15-20(4)30(46-33(35)42)25(43-6)11-9-10-19(3)32(41)37-23(29(22)40)16-24(28)38/h8-11,15-16,18,21,25-26,30-31,36H,1,12-14,17,34H2,2-7H3,(H2,35,42)(H,37,41)/b11-9-,19-10+,20-15+/t18-,21+,25+,26+,30+,31-/m1/s1. The van der Waals surface area contributed by atoms with Gasteiger partial charge in [0.1, 0.15) is 12.2 Å². The SMILES string of the molecule is C=CCNC1=C2C[C@@H](C)C[C@H](OC)[C@H](OC(=O)CN)[C@@H](C)/C=C(\C)[C@H](OC(N)=O)[C@@H](OC)/C=C\C=C(/C)C(=O)NC(=CC1=O)C2=O. The average molecular weight is 643 g/mol. The topological polar surface area (TPSA) is 198 Å². The molecule has 13 heteroatoms. The van der Waals surface area contributed by atoms with Crippen molar-refractivity contribution in [2.45, 2.75) is 65.0 Å². The van der Waals surface area contributed by atoms with Crippen LogP contribution in [0.25, 0.3) is 0 Å². The zero-order chi connectivity index (χ0) is 34.6. The summed E-state index contributed by atoms with van der Waals surface area (Å²) in [5, 5.41) is 5.52. The van der Waals surface area contributed by atoms with Crippen LogP contribution in [0.4, 0.5) is 4.79 Å². The van der Waals surface area contributed by atoms with E-state index in [2.05, 4.69) is 17.2 Å². The number of hydrogen-bond acceptors (Lipinski definition) is 11. The minimum atomic E-state index is -1.03. The van der Waals surface area contributed by atoms with Gasteiger partial charge in [-0.2, -0.15) is 0 Å². The number of nitrogens with two attached hydrogens (primary N) is 2. The monoisotopic (exact) mass is 642 g/mol. The molecule has 0 aromatic heterocycles. The fourth-order valence-corrected chi connectivity index (χ4v) is 5.32. The van der Waals surface area contributed by atoms with Crippen LogP contribution in [0.2, 0.25) is 0 Å². The van der Waals surface area contributed by atoms with Gasteiger partial charge < -0.3 is 41.0 Å². The van der Waals surface area contributed by atoms with Gasteiger partial charge in [0.05, 0.1) is 24.0 Å². The van der Waals surface area contributed by atoms with Crippen molar-refractivity contribution < 1.29 is 42.9 Å². The summed E-state index contributed by atoms with van der Waals surface area (Å²) >= 11 is 0. The molecule has 0 fully saturated rings. The predicted octanol–water partition coefficient (Wildman–Crippen LogP) is 2.05. The maximum Gasteiger partial charge on any atom is 0.405 e. The van der Waals surface area contributed by atoms with Gasteiger partial charge in [0.2, 0.25) is 11.6 Å². The van der Waals surface area contributed by atoms with E-state index in [1.165, 1.54) is 33.3 Å². The van der Waals surface area contributed by atoms with Gasteiger partial charge in [0.15, 0.2) is 6.10 Å². The first-order valence-electron chi connectivity index (χ1n) is 14.9. The van der Waals surface area contributed by atoms with Crippen LogP contribution in [-0.2, 0) is 38.1 Å². The summed E-state index contributed by atoms with van der Waals surface area (Å²) in [5.41, 5.74) is 11.9. The number of hydrogen-bond donors (Lipinski definition) is 4. The van der Waals surface area contributed by atoms with Gasteiger partial charge in [-0.25, -0.2) is 4.79 Å². The Morgan fingerprint density at radius 2 is 1.83 bits per heavy atom. The van der Waals surface area contributed by atoms with E-state index >= 15 is 0 Å². The summed E-state index contributed by atoms with van der Waals surface area (Å²) in [6.45, 7) is 10.5. The zero-order valence-corrected chi connectivity index (χ0v) is 27.3. The Hall–Kier alpha value is -4.33. The van der Waals surface area contributed by atoms with Crippen molar-refractivity contribution in [2.24, 2.45) is 23.3 Å². The van der Waals surface area contributed by atoms with Gasteiger partial charge in [-0.1, -0.05) is 44.2 Å². The predicted molar refractivity (Wildman–Crippen MR) is 171 cm³/mol. The van der Waals surface area contributed by atoms with E-state index in [9.17, 15) is 24.0 Å². The Morgan fingerprint density at radius 3 is 2.41 bits per heavy atom. The largest absolute Gasteiger partial charge is 0.458 e. The molecule has 0 spiro atoms. The Labute approximate surface area is 269 Å². The number of carbonyl (C=O) groups excluding carboxylic acids is 5. The molecule has 13 nitrogen and oxygen atoms in total. The average Bonchev–Trinajstić information content (AvgIpc) is 3.01. The van der Waals surface area contributed by atoms with E-state index in [-0.39, 0.29) is 48.0 Å². The number of esters is 1. The van der Waals surface area contributed by atoms with Crippen LogP contribution in [0.1, 0.15) is 40.5 Å². The lowest BCUT2D eigenvalue weighted by Gasteiger charge is -2.32. The fraction of sp³-hybridized carbons (Fsp3) is 0.485. The number of carbonyl (C=O) groups is 5. The van der Waals surface area contributed by atoms with Crippen LogP contribution in [-0.4, -0.2) is 81.3 Å². The Balaban J connectivity index is 2.73. The summed E-state index contributed by atoms with van der Waals surface area (Å²) < 4.78 is 22.6. The van der Waals surface area contributed by atoms with Gasteiger partial charge in [-0.15, -0.1) is 6.58 Å². The molecule has 0 radical (unpaired) electrons. The lowest BCUT2D eigenvalue weighted by atomic mass is 9.85. The lowest BCUT2D eigenvalue weighted by Crippen LogP contribution is -2.41. The molecule has 0 saturated heterocycles. The highest BCUT2D eigenvalue weighted by molar-refractivity contribution is 6.23. The second kappa shape index (κ2) is 18.0. The minimum absolute atomic E-state index is 0.119. The Kier molecular flexibility index (Phi) is 14.8. The van der Waals surface area contributed by atoms with Crippen LogP contribution in [0.5, 0.6) is 0 Å². The molecule has 1 heterocycles. The summed E-state index contributed by atoms with van der Waals surface area (Å²) in [7, 11) is 2.89. The highest BCUT2D eigenvalue weighted by Gasteiger charge is 2.35. The first-order chi connectivity index (χ1) is 21.8. The normalized spacial score (nSPS) is 29.7. The third-order valence-corrected chi connectivity index (χ3v) is 7.62. The van der Waals surface area contributed by atoms with E-state index < -0.39 is 59.9 Å². The molecule has 2 rings (SSSR count). The number of ketones is 2. The number of nitrogens with one attached hydrogen (secondary N) is 2. The fourth-order valence-electron chi connectivity index (χ4n) is 5.32. The summed E-state index contributed by atoms with van der Waals surface area (Å²) in [6.07, 6.45) is 5.07. The highest BCUT2D eigenvalue weighted by Crippen LogP contribution is 2.30. The van der Waals surface area contributed by atoms with Gasteiger partial charge in [0.25, 0.3) is 5.91 Å². The second-order valence-corrected chi connectivity index (χ2v) is 11.3. The van der Waals surface area contributed by atoms with Crippen molar-refractivity contribution in [1.29, 1.82) is 0 Å². The van der Waals surface area contributed by atoms with E-state index in [0.29, 0.717) is 12.0 Å². The molecule has 0 unspecified atom stereocenters. The molecule has 2 aliphatic rings. The quantitative estimate of drug-likeness (QED) is 0.172. The van der Waals surface area contributed by atoms with E-state index in [0.717, 1.165) is 6.08 Å². The summed E-state index contributed by atoms with van der Waals surface area (Å²) in [5.74, 6) is -3.00. The first kappa shape index (κ1) is 37.9. The summed E-state index contributed by atoms with van der Waals surface area (Å²) in [6, 6.07) is 0.